The average molecular weight is 289 g/mol. The lowest BCUT2D eigenvalue weighted by Gasteiger charge is -2.27. The predicted molar refractivity (Wildman–Crippen MR) is 83.4 cm³/mol. The Morgan fingerprint density at radius 3 is 2.71 bits per heavy atom. The molecule has 0 aliphatic rings. The van der Waals surface area contributed by atoms with Crippen LogP contribution in [0, 0.1) is 6.92 Å². The van der Waals surface area contributed by atoms with Gasteiger partial charge in [-0.2, -0.15) is 0 Å². The molecule has 2 rings (SSSR count). The summed E-state index contributed by atoms with van der Waals surface area (Å²) < 4.78 is 1.56. The van der Waals surface area contributed by atoms with Crippen molar-refractivity contribution in [1.82, 2.24) is 14.3 Å². The number of hydrogen-bond acceptors (Lipinski definition) is 4. The van der Waals surface area contributed by atoms with E-state index in [1.165, 1.54) is 0 Å². The first kappa shape index (κ1) is 15.7. The summed E-state index contributed by atoms with van der Waals surface area (Å²) in [5.41, 5.74) is 1.57. The molecule has 2 heterocycles. The smallest absolute Gasteiger partial charge is 0.258 e. The zero-order valence-corrected chi connectivity index (χ0v) is 13.1. The van der Waals surface area contributed by atoms with Gasteiger partial charge in [-0.3, -0.25) is 14.1 Å². The van der Waals surface area contributed by atoms with Crippen LogP contribution in [-0.4, -0.2) is 38.1 Å². The minimum atomic E-state index is -0.765. The zero-order valence-electron chi connectivity index (χ0n) is 13.1. The molecule has 0 saturated heterocycles. The Hall–Kier alpha value is -1.72. The molecule has 2 aromatic rings. The van der Waals surface area contributed by atoms with Gasteiger partial charge in [0.25, 0.3) is 5.56 Å². The SMILES string of the molecule is CCN(Cc1cc(=O)n2cc(C)ccc2n1)CC(C)(C)O. The maximum absolute atomic E-state index is 12.2. The van der Waals surface area contributed by atoms with E-state index in [-0.39, 0.29) is 5.56 Å². The van der Waals surface area contributed by atoms with Gasteiger partial charge in [0.1, 0.15) is 5.65 Å². The summed E-state index contributed by atoms with van der Waals surface area (Å²) in [6, 6.07) is 5.37. The molecule has 114 valence electrons. The highest BCUT2D eigenvalue weighted by molar-refractivity contribution is 5.39. The van der Waals surface area contributed by atoms with Gasteiger partial charge >= 0.3 is 0 Å². The molecule has 0 bridgehead atoms. The zero-order chi connectivity index (χ0) is 15.6. The first-order chi connectivity index (χ1) is 9.78. The van der Waals surface area contributed by atoms with Crippen LogP contribution in [0.1, 0.15) is 32.0 Å². The fourth-order valence-corrected chi connectivity index (χ4v) is 2.40. The molecule has 0 aliphatic heterocycles. The molecule has 5 heteroatoms. The van der Waals surface area contributed by atoms with Crippen molar-refractivity contribution in [1.29, 1.82) is 0 Å². The van der Waals surface area contributed by atoms with Gasteiger partial charge in [0, 0.05) is 25.4 Å². The third-order valence-corrected chi connectivity index (χ3v) is 3.30. The van der Waals surface area contributed by atoms with Crippen molar-refractivity contribution in [2.45, 2.75) is 39.8 Å². The lowest BCUT2D eigenvalue weighted by molar-refractivity contribution is 0.0350. The highest BCUT2D eigenvalue weighted by Gasteiger charge is 2.18. The summed E-state index contributed by atoms with van der Waals surface area (Å²) in [6.07, 6.45) is 1.79. The third-order valence-electron chi connectivity index (χ3n) is 3.30. The summed E-state index contributed by atoms with van der Waals surface area (Å²) in [5.74, 6) is 0. The number of aromatic nitrogens is 2. The predicted octanol–water partition coefficient (Wildman–Crippen LogP) is 1.60. The van der Waals surface area contributed by atoms with Crippen LogP contribution in [0.4, 0.5) is 0 Å². The molecule has 0 aliphatic carbocycles. The Labute approximate surface area is 124 Å². The highest BCUT2D eigenvalue weighted by Crippen LogP contribution is 2.09. The molecule has 0 radical (unpaired) electrons. The van der Waals surface area contributed by atoms with E-state index >= 15 is 0 Å². The molecule has 0 spiro atoms. The molecule has 2 aromatic heterocycles. The van der Waals surface area contributed by atoms with Crippen molar-refractivity contribution in [3.05, 3.63) is 46.0 Å². The summed E-state index contributed by atoms with van der Waals surface area (Å²) >= 11 is 0. The van der Waals surface area contributed by atoms with E-state index in [0.717, 1.165) is 17.8 Å². The van der Waals surface area contributed by atoms with Crippen molar-refractivity contribution < 1.29 is 5.11 Å². The molecule has 0 aromatic carbocycles. The first-order valence-electron chi connectivity index (χ1n) is 7.22. The van der Waals surface area contributed by atoms with Crippen LogP contribution in [0.5, 0.6) is 0 Å². The molecule has 0 atom stereocenters. The van der Waals surface area contributed by atoms with Gasteiger partial charge in [-0.25, -0.2) is 4.98 Å². The monoisotopic (exact) mass is 289 g/mol. The summed E-state index contributed by atoms with van der Waals surface area (Å²) in [5, 5.41) is 9.93. The van der Waals surface area contributed by atoms with E-state index < -0.39 is 5.60 Å². The second-order valence-corrected chi connectivity index (χ2v) is 6.14. The highest BCUT2D eigenvalue weighted by atomic mass is 16.3. The van der Waals surface area contributed by atoms with Crippen LogP contribution in [0.2, 0.25) is 0 Å². The Morgan fingerprint density at radius 1 is 1.38 bits per heavy atom. The summed E-state index contributed by atoms with van der Waals surface area (Å²) in [6.45, 7) is 9.42. The largest absolute Gasteiger partial charge is 0.389 e. The van der Waals surface area contributed by atoms with Gasteiger partial charge in [0.15, 0.2) is 0 Å². The van der Waals surface area contributed by atoms with Crippen LogP contribution in [0.15, 0.2) is 29.2 Å². The Kier molecular flexibility index (Phi) is 4.44. The second kappa shape index (κ2) is 5.95. The van der Waals surface area contributed by atoms with Crippen LogP contribution in [-0.2, 0) is 6.54 Å². The van der Waals surface area contributed by atoms with Gasteiger partial charge in [0.05, 0.1) is 11.3 Å². The molecule has 5 nitrogen and oxygen atoms in total. The van der Waals surface area contributed by atoms with Gasteiger partial charge in [-0.1, -0.05) is 13.0 Å². The minimum Gasteiger partial charge on any atom is -0.389 e. The van der Waals surface area contributed by atoms with Gasteiger partial charge in [-0.05, 0) is 38.9 Å². The van der Waals surface area contributed by atoms with E-state index in [1.54, 1.807) is 30.5 Å². The van der Waals surface area contributed by atoms with E-state index in [1.807, 2.05) is 26.0 Å². The molecular formula is C16H23N3O2. The van der Waals surface area contributed by atoms with Crippen molar-refractivity contribution >= 4 is 5.65 Å². The number of aryl methyl sites for hydroxylation is 1. The van der Waals surface area contributed by atoms with Crippen molar-refractivity contribution in [2.75, 3.05) is 13.1 Å². The van der Waals surface area contributed by atoms with Crippen LogP contribution in [0.25, 0.3) is 5.65 Å². The van der Waals surface area contributed by atoms with E-state index in [9.17, 15) is 9.90 Å². The fourth-order valence-electron chi connectivity index (χ4n) is 2.40. The van der Waals surface area contributed by atoms with E-state index in [0.29, 0.717) is 18.7 Å². The fraction of sp³-hybridized carbons (Fsp3) is 0.500. The molecule has 0 amide bonds. The van der Waals surface area contributed by atoms with Crippen LogP contribution < -0.4 is 5.56 Å². The van der Waals surface area contributed by atoms with Gasteiger partial charge < -0.3 is 5.11 Å². The number of fused-ring (bicyclic) bond motifs is 1. The first-order valence-corrected chi connectivity index (χ1v) is 7.22. The maximum Gasteiger partial charge on any atom is 0.258 e. The van der Waals surface area contributed by atoms with Crippen molar-refractivity contribution in [3.63, 3.8) is 0 Å². The molecule has 21 heavy (non-hydrogen) atoms. The molecular weight excluding hydrogens is 266 g/mol. The summed E-state index contributed by atoms with van der Waals surface area (Å²) in [7, 11) is 0. The number of likely N-dealkylation sites (N-methyl/N-ethyl adjacent to an activating group) is 1. The van der Waals surface area contributed by atoms with Crippen molar-refractivity contribution in [3.8, 4) is 0 Å². The van der Waals surface area contributed by atoms with E-state index in [4.69, 9.17) is 0 Å². The topological polar surface area (TPSA) is 57.8 Å². The average Bonchev–Trinajstić information content (AvgIpc) is 2.37. The maximum atomic E-state index is 12.2. The third kappa shape index (κ3) is 4.12. The lowest BCUT2D eigenvalue weighted by Crippen LogP contribution is -2.38. The van der Waals surface area contributed by atoms with Crippen molar-refractivity contribution in [2.24, 2.45) is 0 Å². The van der Waals surface area contributed by atoms with Crippen LogP contribution >= 0.6 is 0 Å². The number of nitrogens with zero attached hydrogens (tertiary/aromatic N) is 3. The van der Waals surface area contributed by atoms with E-state index in [2.05, 4.69) is 9.88 Å². The Morgan fingerprint density at radius 2 is 2.10 bits per heavy atom. The molecule has 0 unspecified atom stereocenters. The van der Waals surface area contributed by atoms with Gasteiger partial charge in [0.2, 0.25) is 0 Å². The minimum absolute atomic E-state index is 0.0713. The summed E-state index contributed by atoms with van der Waals surface area (Å²) in [4.78, 5) is 18.8. The van der Waals surface area contributed by atoms with Crippen LogP contribution in [0.3, 0.4) is 0 Å². The number of pyridine rings is 1. The number of rotatable bonds is 5. The normalized spacial score (nSPS) is 12.3. The Bertz CT molecular complexity index is 686. The Balaban J connectivity index is 2.30. The van der Waals surface area contributed by atoms with Gasteiger partial charge in [-0.15, -0.1) is 0 Å². The quantitative estimate of drug-likeness (QED) is 0.908. The number of hydrogen-bond donors (Lipinski definition) is 1. The molecule has 0 fully saturated rings. The lowest BCUT2D eigenvalue weighted by atomic mass is 10.1. The molecule has 0 saturated carbocycles. The number of aliphatic hydroxyl groups is 1. The standard InChI is InChI=1S/C16H23N3O2/c1-5-18(11-16(3,4)21)10-13-8-15(20)19-9-12(2)6-7-14(19)17-13/h6-9,21H,5,10-11H2,1-4H3. The second-order valence-electron chi connectivity index (χ2n) is 6.14. The molecule has 1 N–H and O–H groups in total.